The molecule has 0 bridgehead atoms. The van der Waals surface area contributed by atoms with Crippen molar-refractivity contribution in [1.29, 1.82) is 0 Å². The number of nitrogens with zero attached hydrogens (tertiary/aromatic N) is 3. The van der Waals surface area contributed by atoms with Crippen LogP contribution < -0.4 is 4.74 Å². The molecule has 5 rings (SSSR count). The molecule has 2 aromatic heterocycles. The molecule has 0 saturated heterocycles. The minimum Gasteiger partial charge on any atom is -0.489 e. The number of esters is 1. The van der Waals surface area contributed by atoms with E-state index in [2.05, 4.69) is 44.4 Å². The van der Waals surface area contributed by atoms with E-state index >= 15 is 0 Å². The number of aromatic amines is 1. The van der Waals surface area contributed by atoms with Crippen LogP contribution in [0, 0.1) is 0 Å². The van der Waals surface area contributed by atoms with Gasteiger partial charge in [-0.2, -0.15) is 5.10 Å². The van der Waals surface area contributed by atoms with Crippen molar-refractivity contribution in [2.45, 2.75) is 32.3 Å². The Morgan fingerprint density at radius 1 is 1.06 bits per heavy atom. The van der Waals surface area contributed by atoms with Gasteiger partial charge in [-0.05, 0) is 60.6 Å². The number of nitrogens with one attached hydrogen (secondary N) is 1. The smallest absolute Gasteiger partial charge is 0.357 e. The zero-order valence-corrected chi connectivity index (χ0v) is 18.3. The Kier molecular flexibility index (Phi) is 5.85. The highest BCUT2D eigenvalue weighted by Gasteiger charge is 2.24. The summed E-state index contributed by atoms with van der Waals surface area (Å²) in [5.74, 6) is 1.03. The molecular weight excluding hydrogens is 416 g/mol. The second-order valence-corrected chi connectivity index (χ2v) is 7.97. The van der Waals surface area contributed by atoms with Gasteiger partial charge in [-0.3, -0.25) is 5.10 Å². The minimum atomic E-state index is -0.463. The standard InChI is InChI=1S/C26H24N4O3/c1-2-32-26(31)25-23(24(29-30-25)22-13-14-27-16-28-22)20-9-11-21(12-10-20)33-15-17-3-5-18(6-4-17)19-7-8-19/h3-6,9-14,16,19H,2,7-8,15H2,1H3,(H,29,30). The van der Waals surface area contributed by atoms with Crippen molar-refractivity contribution in [2.24, 2.45) is 0 Å². The Morgan fingerprint density at radius 3 is 2.52 bits per heavy atom. The highest BCUT2D eigenvalue weighted by molar-refractivity contribution is 5.99. The van der Waals surface area contributed by atoms with E-state index in [0.29, 0.717) is 23.6 Å². The second kappa shape index (κ2) is 9.24. The van der Waals surface area contributed by atoms with Gasteiger partial charge in [0.1, 0.15) is 24.4 Å². The molecule has 1 aliphatic rings. The SMILES string of the molecule is CCOC(=O)c1[nH]nc(-c2ccncn2)c1-c1ccc(OCc2ccc(C3CC3)cc2)cc1. The molecule has 0 radical (unpaired) electrons. The van der Waals surface area contributed by atoms with E-state index in [1.807, 2.05) is 24.3 Å². The summed E-state index contributed by atoms with van der Waals surface area (Å²) in [6, 6.07) is 18.0. The Balaban J connectivity index is 1.37. The van der Waals surface area contributed by atoms with Crippen LogP contribution in [0.15, 0.2) is 67.1 Å². The fourth-order valence-electron chi connectivity index (χ4n) is 3.78. The lowest BCUT2D eigenvalue weighted by Gasteiger charge is -2.09. The first kappa shape index (κ1) is 20.9. The van der Waals surface area contributed by atoms with Crippen LogP contribution in [0.2, 0.25) is 0 Å². The molecule has 1 saturated carbocycles. The lowest BCUT2D eigenvalue weighted by molar-refractivity contribution is 0.0520. The Labute approximate surface area is 191 Å². The predicted molar refractivity (Wildman–Crippen MR) is 124 cm³/mol. The van der Waals surface area contributed by atoms with Crippen LogP contribution in [0.3, 0.4) is 0 Å². The Hall–Kier alpha value is -4.00. The van der Waals surface area contributed by atoms with Crippen molar-refractivity contribution in [2.75, 3.05) is 6.61 Å². The second-order valence-electron chi connectivity index (χ2n) is 7.97. The summed E-state index contributed by atoms with van der Waals surface area (Å²) in [5, 5.41) is 7.16. The number of hydrogen-bond acceptors (Lipinski definition) is 6. The third-order valence-corrected chi connectivity index (χ3v) is 5.65. The highest BCUT2D eigenvalue weighted by Crippen LogP contribution is 2.40. The number of carbonyl (C=O) groups is 1. The Morgan fingerprint density at radius 2 is 1.85 bits per heavy atom. The van der Waals surface area contributed by atoms with Crippen molar-refractivity contribution < 1.29 is 14.3 Å². The van der Waals surface area contributed by atoms with Gasteiger partial charge in [0.2, 0.25) is 0 Å². The van der Waals surface area contributed by atoms with E-state index in [-0.39, 0.29) is 12.3 Å². The van der Waals surface area contributed by atoms with Gasteiger partial charge >= 0.3 is 5.97 Å². The zero-order valence-electron chi connectivity index (χ0n) is 18.3. The van der Waals surface area contributed by atoms with Crippen LogP contribution in [0.5, 0.6) is 5.75 Å². The normalized spacial score (nSPS) is 13.0. The topological polar surface area (TPSA) is 90.0 Å². The van der Waals surface area contributed by atoms with E-state index < -0.39 is 5.97 Å². The van der Waals surface area contributed by atoms with Crippen LogP contribution in [-0.2, 0) is 11.3 Å². The molecule has 4 aromatic rings. The van der Waals surface area contributed by atoms with Gasteiger partial charge in [-0.25, -0.2) is 14.8 Å². The third kappa shape index (κ3) is 4.62. The summed E-state index contributed by atoms with van der Waals surface area (Å²) in [5.41, 5.74) is 5.45. The van der Waals surface area contributed by atoms with Crippen LogP contribution in [0.1, 0.15) is 47.3 Å². The summed E-state index contributed by atoms with van der Waals surface area (Å²) >= 11 is 0. The molecule has 0 amide bonds. The molecule has 0 unspecified atom stereocenters. The quantitative estimate of drug-likeness (QED) is 0.380. The molecule has 33 heavy (non-hydrogen) atoms. The van der Waals surface area contributed by atoms with Crippen LogP contribution in [0.25, 0.3) is 22.5 Å². The number of hydrogen-bond donors (Lipinski definition) is 1. The molecule has 2 aromatic carbocycles. The number of benzene rings is 2. The van der Waals surface area contributed by atoms with Gasteiger partial charge in [-0.15, -0.1) is 0 Å². The van der Waals surface area contributed by atoms with Crippen LogP contribution >= 0.6 is 0 Å². The molecule has 166 valence electrons. The van der Waals surface area contributed by atoms with Gasteiger partial charge in [-0.1, -0.05) is 36.4 Å². The van der Waals surface area contributed by atoms with Crippen molar-refractivity contribution >= 4 is 5.97 Å². The highest BCUT2D eigenvalue weighted by atomic mass is 16.5. The average molecular weight is 441 g/mol. The fraction of sp³-hybridized carbons (Fsp3) is 0.231. The molecule has 1 fully saturated rings. The fourth-order valence-corrected chi connectivity index (χ4v) is 3.78. The minimum absolute atomic E-state index is 0.272. The summed E-state index contributed by atoms with van der Waals surface area (Å²) in [4.78, 5) is 20.8. The first-order valence-electron chi connectivity index (χ1n) is 11.1. The van der Waals surface area contributed by atoms with E-state index in [1.165, 1.54) is 24.7 Å². The van der Waals surface area contributed by atoms with Gasteiger partial charge in [0.25, 0.3) is 0 Å². The zero-order chi connectivity index (χ0) is 22.6. The van der Waals surface area contributed by atoms with Crippen molar-refractivity contribution in [3.63, 3.8) is 0 Å². The Bertz CT molecular complexity index is 1230. The monoisotopic (exact) mass is 440 g/mol. The van der Waals surface area contributed by atoms with Gasteiger partial charge in [0.05, 0.1) is 12.3 Å². The number of aromatic nitrogens is 4. The molecule has 0 spiro atoms. The number of carbonyl (C=O) groups excluding carboxylic acids is 1. The average Bonchev–Trinajstić information content (AvgIpc) is 3.62. The molecule has 2 heterocycles. The third-order valence-electron chi connectivity index (χ3n) is 5.65. The van der Waals surface area contributed by atoms with Crippen LogP contribution in [-0.4, -0.2) is 32.7 Å². The molecule has 1 N–H and O–H groups in total. The molecule has 7 heteroatoms. The summed E-state index contributed by atoms with van der Waals surface area (Å²) < 4.78 is 11.2. The molecular formula is C26H24N4O3. The maximum atomic E-state index is 12.5. The number of ether oxygens (including phenoxy) is 2. The van der Waals surface area contributed by atoms with E-state index in [0.717, 1.165) is 22.8 Å². The summed E-state index contributed by atoms with van der Waals surface area (Å²) in [6.07, 6.45) is 5.69. The first-order chi connectivity index (χ1) is 16.2. The molecule has 0 atom stereocenters. The maximum absolute atomic E-state index is 12.5. The van der Waals surface area contributed by atoms with Gasteiger partial charge in [0.15, 0.2) is 5.69 Å². The first-order valence-corrected chi connectivity index (χ1v) is 11.1. The predicted octanol–water partition coefficient (Wildman–Crippen LogP) is 5.17. The van der Waals surface area contributed by atoms with Crippen LogP contribution in [0.4, 0.5) is 0 Å². The van der Waals surface area contributed by atoms with E-state index in [9.17, 15) is 4.79 Å². The molecule has 0 aliphatic heterocycles. The van der Waals surface area contributed by atoms with Crippen molar-refractivity contribution in [3.05, 3.63) is 83.9 Å². The lowest BCUT2D eigenvalue weighted by atomic mass is 10.0. The van der Waals surface area contributed by atoms with Crippen molar-refractivity contribution in [1.82, 2.24) is 20.2 Å². The van der Waals surface area contributed by atoms with E-state index in [4.69, 9.17) is 9.47 Å². The molecule has 1 aliphatic carbocycles. The largest absolute Gasteiger partial charge is 0.489 e. The lowest BCUT2D eigenvalue weighted by Crippen LogP contribution is -2.06. The number of H-pyrrole nitrogens is 1. The van der Waals surface area contributed by atoms with Gasteiger partial charge < -0.3 is 9.47 Å². The maximum Gasteiger partial charge on any atom is 0.357 e. The van der Waals surface area contributed by atoms with Crippen molar-refractivity contribution in [3.8, 4) is 28.3 Å². The van der Waals surface area contributed by atoms with E-state index in [1.54, 1.807) is 19.2 Å². The molecule has 7 nitrogen and oxygen atoms in total. The van der Waals surface area contributed by atoms with Gasteiger partial charge in [0, 0.05) is 11.8 Å². The summed E-state index contributed by atoms with van der Waals surface area (Å²) in [7, 11) is 0. The summed E-state index contributed by atoms with van der Waals surface area (Å²) in [6.45, 7) is 2.54. The number of rotatable bonds is 8.